The molecule has 1 amide bonds. The van der Waals surface area contributed by atoms with E-state index in [1.54, 1.807) is 13.2 Å². The zero-order chi connectivity index (χ0) is 14.4. The van der Waals surface area contributed by atoms with Crippen LogP contribution in [0.3, 0.4) is 0 Å². The highest BCUT2D eigenvalue weighted by molar-refractivity contribution is 5.94. The molecule has 2 rings (SSSR count). The predicted octanol–water partition coefficient (Wildman–Crippen LogP) is 0.639. The Morgan fingerprint density at radius 3 is 2.85 bits per heavy atom. The van der Waals surface area contributed by atoms with Gasteiger partial charge in [-0.2, -0.15) is 0 Å². The van der Waals surface area contributed by atoms with Crippen LogP contribution in [0.15, 0.2) is 18.2 Å². The summed E-state index contributed by atoms with van der Waals surface area (Å²) in [5.74, 6) is 0.707. The van der Waals surface area contributed by atoms with E-state index in [1.165, 1.54) is 0 Å². The Kier molecular flexibility index (Phi) is 5.38. The SMILES string of the molecule is COc1cc(C(=O)NCCN2CCNCC2)ccc1C. The average Bonchev–Trinajstić information content (AvgIpc) is 2.48. The van der Waals surface area contributed by atoms with Gasteiger partial charge in [-0.1, -0.05) is 6.07 Å². The monoisotopic (exact) mass is 277 g/mol. The fourth-order valence-electron chi connectivity index (χ4n) is 2.33. The molecular formula is C15H23N3O2. The van der Waals surface area contributed by atoms with Gasteiger partial charge >= 0.3 is 0 Å². The van der Waals surface area contributed by atoms with Crippen LogP contribution in [0.2, 0.25) is 0 Å². The molecule has 0 aromatic heterocycles. The molecule has 20 heavy (non-hydrogen) atoms. The largest absolute Gasteiger partial charge is 0.496 e. The zero-order valence-electron chi connectivity index (χ0n) is 12.2. The number of piperazine rings is 1. The van der Waals surface area contributed by atoms with Gasteiger partial charge in [0, 0.05) is 44.8 Å². The van der Waals surface area contributed by atoms with Gasteiger partial charge < -0.3 is 15.4 Å². The van der Waals surface area contributed by atoms with Gasteiger partial charge in [-0.05, 0) is 24.6 Å². The molecule has 0 saturated carbocycles. The summed E-state index contributed by atoms with van der Waals surface area (Å²) < 4.78 is 5.24. The highest BCUT2D eigenvalue weighted by Crippen LogP contribution is 2.18. The lowest BCUT2D eigenvalue weighted by molar-refractivity contribution is 0.0947. The Balaban J connectivity index is 1.82. The average molecular weight is 277 g/mol. The summed E-state index contributed by atoms with van der Waals surface area (Å²) in [5.41, 5.74) is 1.68. The van der Waals surface area contributed by atoms with Crippen LogP contribution in [0.25, 0.3) is 0 Å². The minimum atomic E-state index is -0.0431. The lowest BCUT2D eigenvalue weighted by Gasteiger charge is -2.27. The summed E-state index contributed by atoms with van der Waals surface area (Å²) in [7, 11) is 1.62. The van der Waals surface area contributed by atoms with Crippen molar-refractivity contribution in [3.8, 4) is 5.75 Å². The molecule has 1 aromatic carbocycles. The molecule has 1 saturated heterocycles. The molecule has 1 fully saturated rings. The minimum Gasteiger partial charge on any atom is -0.496 e. The number of ether oxygens (including phenoxy) is 1. The van der Waals surface area contributed by atoms with Crippen LogP contribution in [0, 0.1) is 6.92 Å². The first-order valence-corrected chi connectivity index (χ1v) is 7.06. The minimum absolute atomic E-state index is 0.0431. The highest BCUT2D eigenvalue weighted by Gasteiger charge is 2.11. The van der Waals surface area contributed by atoms with E-state index in [0.717, 1.165) is 44.0 Å². The first-order chi connectivity index (χ1) is 9.70. The normalized spacial score (nSPS) is 15.9. The van der Waals surface area contributed by atoms with Crippen molar-refractivity contribution in [1.29, 1.82) is 0 Å². The van der Waals surface area contributed by atoms with E-state index in [9.17, 15) is 4.79 Å². The Labute approximate surface area is 120 Å². The summed E-state index contributed by atoms with van der Waals surface area (Å²) in [5, 5.41) is 6.28. The molecule has 0 bridgehead atoms. The molecule has 0 atom stereocenters. The fraction of sp³-hybridized carbons (Fsp3) is 0.533. The van der Waals surface area contributed by atoms with Gasteiger partial charge in [0.25, 0.3) is 5.91 Å². The van der Waals surface area contributed by atoms with Gasteiger partial charge in [0.15, 0.2) is 0 Å². The van der Waals surface area contributed by atoms with E-state index in [4.69, 9.17) is 4.74 Å². The molecule has 1 aliphatic heterocycles. The van der Waals surface area contributed by atoms with Crippen molar-refractivity contribution in [3.63, 3.8) is 0 Å². The summed E-state index contributed by atoms with van der Waals surface area (Å²) >= 11 is 0. The molecule has 110 valence electrons. The van der Waals surface area contributed by atoms with Gasteiger partial charge in [-0.3, -0.25) is 9.69 Å². The summed E-state index contributed by atoms with van der Waals surface area (Å²) in [6.07, 6.45) is 0. The number of nitrogens with one attached hydrogen (secondary N) is 2. The van der Waals surface area contributed by atoms with Gasteiger partial charge in [-0.15, -0.1) is 0 Å². The Bertz CT molecular complexity index is 456. The maximum atomic E-state index is 12.1. The predicted molar refractivity (Wildman–Crippen MR) is 79.4 cm³/mol. The third-order valence-corrected chi connectivity index (χ3v) is 3.59. The van der Waals surface area contributed by atoms with E-state index < -0.39 is 0 Å². The quantitative estimate of drug-likeness (QED) is 0.829. The van der Waals surface area contributed by atoms with Crippen molar-refractivity contribution < 1.29 is 9.53 Å². The van der Waals surface area contributed by atoms with E-state index in [0.29, 0.717) is 12.1 Å². The van der Waals surface area contributed by atoms with Crippen molar-refractivity contribution >= 4 is 5.91 Å². The van der Waals surface area contributed by atoms with Crippen LogP contribution in [-0.4, -0.2) is 57.2 Å². The van der Waals surface area contributed by atoms with Gasteiger partial charge in [-0.25, -0.2) is 0 Å². The van der Waals surface area contributed by atoms with E-state index in [1.807, 2.05) is 19.1 Å². The molecule has 5 nitrogen and oxygen atoms in total. The van der Waals surface area contributed by atoms with Crippen LogP contribution >= 0.6 is 0 Å². The van der Waals surface area contributed by atoms with Crippen molar-refractivity contribution in [1.82, 2.24) is 15.5 Å². The number of amides is 1. The lowest BCUT2D eigenvalue weighted by Crippen LogP contribution is -2.46. The third-order valence-electron chi connectivity index (χ3n) is 3.59. The Morgan fingerprint density at radius 2 is 2.15 bits per heavy atom. The third kappa shape index (κ3) is 3.95. The summed E-state index contributed by atoms with van der Waals surface area (Å²) in [4.78, 5) is 14.4. The fourth-order valence-corrected chi connectivity index (χ4v) is 2.33. The Morgan fingerprint density at radius 1 is 1.40 bits per heavy atom. The molecule has 0 unspecified atom stereocenters. The topological polar surface area (TPSA) is 53.6 Å². The second kappa shape index (κ2) is 7.26. The van der Waals surface area contributed by atoms with Gasteiger partial charge in [0.1, 0.15) is 5.75 Å². The number of hydrogen-bond acceptors (Lipinski definition) is 4. The van der Waals surface area contributed by atoms with Crippen LogP contribution in [0.5, 0.6) is 5.75 Å². The molecular weight excluding hydrogens is 254 g/mol. The van der Waals surface area contributed by atoms with Crippen molar-refractivity contribution in [2.45, 2.75) is 6.92 Å². The van der Waals surface area contributed by atoms with Crippen LogP contribution in [0.1, 0.15) is 15.9 Å². The van der Waals surface area contributed by atoms with Crippen molar-refractivity contribution in [3.05, 3.63) is 29.3 Å². The van der Waals surface area contributed by atoms with E-state index in [-0.39, 0.29) is 5.91 Å². The number of hydrogen-bond donors (Lipinski definition) is 2. The highest BCUT2D eigenvalue weighted by atomic mass is 16.5. The standard InChI is InChI=1S/C15H23N3O2/c1-12-3-4-13(11-14(12)20-2)15(19)17-7-10-18-8-5-16-6-9-18/h3-4,11,16H,5-10H2,1-2H3,(H,17,19). The van der Waals surface area contributed by atoms with Gasteiger partial charge in [0.05, 0.1) is 7.11 Å². The maximum Gasteiger partial charge on any atom is 0.251 e. The first-order valence-electron chi connectivity index (χ1n) is 7.06. The first kappa shape index (κ1) is 14.8. The van der Waals surface area contributed by atoms with Gasteiger partial charge in [0.2, 0.25) is 0 Å². The second-order valence-electron chi connectivity index (χ2n) is 5.03. The molecule has 0 radical (unpaired) electrons. The number of rotatable bonds is 5. The molecule has 5 heteroatoms. The number of aryl methyl sites for hydroxylation is 1. The van der Waals surface area contributed by atoms with E-state index in [2.05, 4.69) is 15.5 Å². The molecule has 0 aliphatic carbocycles. The molecule has 1 aliphatic rings. The van der Waals surface area contributed by atoms with E-state index >= 15 is 0 Å². The lowest BCUT2D eigenvalue weighted by atomic mass is 10.1. The Hall–Kier alpha value is -1.59. The number of methoxy groups -OCH3 is 1. The second-order valence-corrected chi connectivity index (χ2v) is 5.03. The maximum absolute atomic E-state index is 12.1. The van der Waals surface area contributed by atoms with Crippen LogP contribution in [-0.2, 0) is 0 Å². The van der Waals surface area contributed by atoms with Crippen LogP contribution in [0.4, 0.5) is 0 Å². The summed E-state index contributed by atoms with van der Waals surface area (Å²) in [6.45, 7) is 7.70. The number of benzene rings is 1. The molecule has 1 heterocycles. The van der Waals surface area contributed by atoms with Crippen molar-refractivity contribution in [2.75, 3.05) is 46.4 Å². The number of nitrogens with zero attached hydrogens (tertiary/aromatic N) is 1. The summed E-state index contributed by atoms with van der Waals surface area (Å²) in [6, 6.07) is 5.53. The molecule has 1 aromatic rings. The van der Waals surface area contributed by atoms with Crippen LogP contribution < -0.4 is 15.4 Å². The molecule has 2 N–H and O–H groups in total. The number of carbonyl (C=O) groups is 1. The zero-order valence-corrected chi connectivity index (χ0v) is 12.2. The molecule has 0 spiro atoms. The van der Waals surface area contributed by atoms with Crippen molar-refractivity contribution in [2.24, 2.45) is 0 Å². The smallest absolute Gasteiger partial charge is 0.251 e. The number of carbonyl (C=O) groups excluding carboxylic acids is 1.